The first kappa shape index (κ1) is 13.1. The van der Waals surface area contributed by atoms with Crippen molar-refractivity contribution >= 4 is 17.3 Å². The van der Waals surface area contributed by atoms with Gasteiger partial charge in [0.1, 0.15) is 5.82 Å². The molecule has 90 valence electrons. The van der Waals surface area contributed by atoms with Crippen LogP contribution < -0.4 is 5.32 Å². The highest BCUT2D eigenvalue weighted by atomic mass is 35.5. The van der Waals surface area contributed by atoms with Crippen LogP contribution in [0.15, 0.2) is 18.2 Å². The van der Waals surface area contributed by atoms with Crippen molar-refractivity contribution in [2.75, 3.05) is 11.9 Å². The van der Waals surface area contributed by atoms with Gasteiger partial charge in [0.25, 0.3) is 0 Å². The second-order valence-electron chi connectivity index (χ2n) is 3.06. The summed E-state index contributed by atoms with van der Waals surface area (Å²) in [5.74, 6) is -0.776. The second kappa shape index (κ2) is 4.88. The molecule has 2 nitrogen and oxygen atoms in total. The monoisotopic (exact) mass is 257 g/mol. The lowest BCUT2D eigenvalue weighted by Gasteiger charge is -2.16. The summed E-state index contributed by atoms with van der Waals surface area (Å²) in [6.07, 6.45) is -7.27. The summed E-state index contributed by atoms with van der Waals surface area (Å²) in [4.78, 5) is 0. The van der Waals surface area contributed by atoms with Crippen LogP contribution in [0.3, 0.4) is 0 Å². The average molecular weight is 258 g/mol. The summed E-state index contributed by atoms with van der Waals surface area (Å²) < 4.78 is 48.8. The second-order valence-corrected chi connectivity index (χ2v) is 3.50. The van der Waals surface area contributed by atoms with Gasteiger partial charge in [-0.15, -0.1) is 0 Å². The molecule has 0 radical (unpaired) electrons. The summed E-state index contributed by atoms with van der Waals surface area (Å²) in [5.41, 5.74) is -0.146. The van der Waals surface area contributed by atoms with Crippen LogP contribution in [0, 0.1) is 5.82 Å². The van der Waals surface area contributed by atoms with Gasteiger partial charge < -0.3 is 10.4 Å². The van der Waals surface area contributed by atoms with Crippen molar-refractivity contribution in [3.63, 3.8) is 0 Å². The van der Waals surface area contributed by atoms with Gasteiger partial charge in [-0.05, 0) is 18.2 Å². The maximum Gasteiger partial charge on any atom is 0.416 e. The molecule has 0 aromatic heterocycles. The normalized spacial score (nSPS) is 13.6. The molecule has 16 heavy (non-hydrogen) atoms. The van der Waals surface area contributed by atoms with Gasteiger partial charge in [-0.3, -0.25) is 0 Å². The zero-order chi connectivity index (χ0) is 12.3. The molecular formula is C9H8ClF4NO. The zero-order valence-corrected chi connectivity index (χ0v) is 8.61. The van der Waals surface area contributed by atoms with Gasteiger partial charge in [0.15, 0.2) is 6.10 Å². The van der Waals surface area contributed by atoms with Crippen molar-refractivity contribution in [2.24, 2.45) is 0 Å². The van der Waals surface area contributed by atoms with E-state index in [1.165, 1.54) is 12.1 Å². The van der Waals surface area contributed by atoms with Crippen molar-refractivity contribution in [1.29, 1.82) is 0 Å². The SMILES string of the molecule is OC(CNc1ccc(Cl)cc1F)C(F)(F)F. The Bertz CT molecular complexity index is 369. The predicted octanol–water partition coefficient (Wildman–Crippen LogP) is 2.81. The predicted molar refractivity (Wildman–Crippen MR) is 52.0 cm³/mol. The van der Waals surface area contributed by atoms with Crippen LogP contribution in [0.25, 0.3) is 0 Å². The molecule has 1 aromatic rings. The van der Waals surface area contributed by atoms with E-state index in [1.54, 1.807) is 0 Å². The van der Waals surface area contributed by atoms with Gasteiger partial charge in [-0.25, -0.2) is 4.39 Å². The Morgan fingerprint density at radius 1 is 1.38 bits per heavy atom. The van der Waals surface area contributed by atoms with Crippen LogP contribution in [0.1, 0.15) is 0 Å². The first-order chi connectivity index (χ1) is 7.30. The fourth-order valence-electron chi connectivity index (χ4n) is 0.955. The van der Waals surface area contributed by atoms with Crippen molar-refractivity contribution in [3.05, 3.63) is 29.0 Å². The third-order valence-electron chi connectivity index (χ3n) is 1.79. The molecule has 1 aromatic carbocycles. The van der Waals surface area contributed by atoms with Crippen molar-refractivity contribution in [1.82, 2.24) is 0 Å². The molecule has 1 unspecified atom stereocenters. The van der Waals surface area contributed by atoms with Crippen LogP contribution in [0.4, 0.5) is 23.2 Å². The van der Waals surface area contributed by atoms with E-state index in [2.05, 4.69) is 5.32 Å². The minimum Gasteiger partial charge on any atom is -0.382 e. The zero-order valence-electron chi connectivity index (χ0n) is 7.85. The number of anilines is 1. The molecule has 0 fully saturated rings. The van der Waals surface area contributed by atoms with Gasteiger partial charge in [0, 0.05) is 11.6 Å². The number of alkyl halides is 3. The van der Waals surface area contributed by atoms with E-state index in [-0.39, 0.29) is 10.7 Å². The topological polar surface area (TPSA) is 32.3 Å². The molecule has 0 aliphatic heterocycles. The molecule has 7 heteroatoms. The number of benzene rings is 1. The smallest absolute Gasteiger partial charge is 0.382 e. The van der Waals surface area contributed by atoms with Crippen LogP contribution >= 0.6 is 11.6 Å². The van der Waals surface area contributed by atoms with E-state index in [1.807, 2.05) is 0 Å². The first-order valence-electron chi connectivity index (χ1n) is 4.24. The van der Waals surface area contributed by atoms with Crippen LogP contribution in [-0.4, -0.2) is 23.9 Å². The summed E-state index contributed by atoms with van der Waals surface area (Å²) in [6, 6.07) is 3.48. The Hall–Kier alpha value is -1.01. The van der Waals surface area contributed by atoms with Crippen molar-refractivity contribution in [2.45, 2.75) is 12.3 Å². The average Bonchev–Trinajstić information content (AvgIpc) is 2.14. The van der Waals surface area contributed by atoms with E-state index < -0.39 is 24.6 Å². The van der Waals surface area contributed by atoms with E-state index in [9.17, 15) is 17.6 Å². The molecule has 0 saturated heterocycles. The maximum atomic E-state index is 13.1. The molecule has 0 bridgehead atoms. The molecule has 1 atom stereocenters. The molecule has 0 aliphatic rings. The highest BCUT2D eigenvalue weighted by molar-refractivity contribution is 6.30. The molecule has 0 amide bonds. The molecular weight excluding hydrogens is 250 g/mol. The maximum absolute atomic E-state index is 13.1. The van der Waals surface area contributed by atoms with E-state index >= 15 is 0 Å². The van der Waals surface area contributed by atoms with Crippen molar-refractivity contribution < 1.29 is 22.7 Å². The Labute approximate surface area is 93.8 Å². The molecule has 2 N–H and O–H groups in total. The third-order valence-corrected chi connectivity index (χ3v) is 2.03. The summed E-state index contributed by atoms with van der Waals surface area (Å²) >= 11 is 5.46. The van der Waals surface area contributed by atoms with Crippen LogP contribution in [0.5, 0.6) is 0 Å². The van der Waals surface area contributed by atoms with Gasteiger partial charge >= 0.3 is 6.18 Å². The Morgan fingerprint density at radius 3 is 2.50 bits per heavy atom. The minimum absolute atomic E-state index is 0.138. The number of hydrogen-bond donors (Lipinski definition) is 2. The lowest BCUT2D eigenvalue weighted by Crippen LogP contribution is -2.35. The van der Waals surface area contributed by atoms with Crippen LogP contribution in [-0.2, 0) is 0 Å². The Balaban J connectivity index is 2.62. The fourth-order valence-corrected chi connectivity index (χ4v) is 1.11. The number of aliphatic hydroxyl groups is 1. The van der Waals surface area contributed by atoms with Gasteiger partial charge in [0.2, 0.25) is 0 Å². The van der Waals surface area contributed by atoms with Crippen LogP contribution in [0.2, 0.25) is 5.02 Å². The van der Waals surface area contributed by atoms with E-state index in [0.29, 0.717) is 0 Å². The fraction of sp³-hybridized carbons (Fsp3) is 0.333. The van der Waals surface area contributed by atoms with Crippen molar-refractivity contribution in [3.8, 4) is 0 Å². The quantitative estimate of drug-likeness (QED) is 0.816. The number of aliphatic hydroxyl groups excluding tert-OH is 1. The van der Waals surface area contributed by atoms with Gasteiger partial charge in [-0.2, -0.15) is 13.2 Å². The molecule has 1 rings (SSSR count). The van der Waals surface area contributed by atoms with E-state index in [0.717, 1.165) is 6.07 Å². The number of rotatable bonds is 3. The first-order valence-corrected chi connectivity index (χ1v) is 4.62. The summed E-state index contributed by atoms with van der Waals surface area (Å²) in [5, 5.41) is 10.9. The summed E-state index contributed by atoms with van der Waals surface area (Å²) in [7, 11) is 0. The standard InChI is InChI=1S/C9H8ClF4NO/c10-5-1-2-7(6(11)3-5)15-4-8(16)9(12,13)14/h1-3,8,15-16H,4H2. The number of nitrogens with one attached hydrogen (secondary N) is 1. The molecule has 0 spiro atoms. The molecule has 0 saturated carbocycles. The highest BCUT2D eigenvalue weighted by Gasteiger charge is 2.37. The van der Waals surface area contributed by atoms with Gasteiger partial charge in [0.05, 0.1) is 5.69 Å². The lowest BCUT2D eigenvalue weighted by molar-refractivity contribution is -0.198. The minimum atomic E-state index is -4.73. The summed E-state index contributed by atoms with van der Waals surface area (Å²) in [6.45, 7) is -0.817. The largest absolute Gasteiger partial charge is 0.416 e. The van der Waals surface area contributed by atoms with E-state index in [4.69, 9.17) is 16.7 Å². The Kier molecular flexibility index (Phi) is 3.98. The highest BCUT2D eigenvalue weighted by Crippen LogP contribution is 2.22. The molecule has 0 heterocycles. The lowest BCUT2D eigenvalue weighted by atomic mass is 10.3. The van der Waals surface area contributed by atoms with Gasteiger partial charge in [-0.1, -0.05) is 11.6 Å². The number of hydrogen-bond acceptors (Lipinski definition) is 2. The Morgan fingerprint density at radius 2 is 2.00 bits per heavy atom. The number of halogens is 5. The molecule has 0 aliphatic carbocycles. The third kappa shape index (κ3) is 3.53.